The maximum Gasteiger partial charge on any atom is 0.0121 e. The van der Waals surface area contributed by atoms with Gasteiger partial charge in [-0.15, -0.1) is 0 Å². The molecule has 136 valence electrons. The minimum absolute atomic E-state index is 0.867. The zero-order valence-corrected chi connectivity index (χ0v) is 16.1. The Hall–Kier alpha value is -0.160. The van der Waals surface area contributed by atoms with Gasteiger partial charge in [-0.05, 0) is 65.5 Å². The van der Waals surface area contributed by atoms with E-state index in [0.29, 0.717) is 0 Å². The third-order valence-electron chi connectivity index (χ3n) is 6.07. The molecule has 0 spiro atoms. The lowest BCUT2D eigenvalue weighted by Gasteiger charge is -2.45. The summed E-state index contributed by atoms with van der Waals surface area (Å²) in [6.07, 6.45) is 5.57. The van der Waals surface area contributed by atoms with Gasteiger partial charge >= 0.3 is 0 Å². The second-order valence-corrected chi connectivity index (χ2v) is 7.27. The molecule has 3 fully saturated rings. The van der Waals surface area contributed by atoms with E-state index >= 15 is 0 Å². The molecule has 0 N–H and O–H groups in total. The molecule has 23 heavy (non-hydrogen) atoms. The van der Waals surface area contributed by atoms with Crippen LogP contribution in [0.5, 0.6) is 0 Å². The van der Waals surface area contributed by atoms with Crippen LogP contribution >= 0.6 is 0 Å². The van der Waals surface area contributed by atoms with Crippen molar-refractivity contribution in [3.8, 4) is 0 Å². The fourth-order valence-electron chi connectivity index (χ4n) is 4.42. The van der Waals surface area contributed by atoms with Gasteiger partial charge in [0.1, 0.15) is 0 Å². The molecule has 3 saturated heterocycles. The quantitative estimate of drug-likeness (QED) is 0.789. The summed E-state index contributed by atoms with van der Waals surface area (Å²) in [5, 5.41) is 0. The highest BCUT2D eigenvalue weighted by Crippen LogP contribution is 2.23. The fourth-order valence-corrected chi connectivity index (χ4v) is 4.42. The monoisotopic (exact) mass is 324 g/mol. The van der Waals surface area contributed by atoms with Gasteiger partial charge < -0.3 is 14.7 Å². The van der Waals surface area contributed by atoms with E-state index in [4.69, 9.17) is 0 Å². The summed E-state index contributed by atoms with van der Waals surface area (Å²) in [6, 6.07) is 1.74. The van der Waals surface area contributed by atoms with Gasteiger partial charge in [-0.2, -0.15) is 0 Å². The van der Waals surface area contributed by atoms with Gasteiger partial charge in [0.25, 0.3) is 0 Å². The third-order valence-corrected chi connectivity index (χ3v) is 6.07. The van der Waals surface area contributed by atoms with E-state index in [-0.39, 0.29) is 0 Å². The Morgan fingerprint density at radius 3 is 1.57 bits per heavy atom. The first-order valence-corrected chi connectivity index (χ1v) is 10.1. The predicted octanol–water partition coefficient (Wildman–Crippen LogP) is 2.21. The number of rotatable bonds is 3. The lowest BCUT2D eigenvalue weighted by Crippen LogP contribution is -2.54. The van der Waals surface area contributed by atoms with Crippen molar-refractivity contribution >= 4 is 0 Å². The first-order chi connectivity index (χ1) is 11.3. The maximum atomic E-state index is 2.80. The number of piperazine rings is 1. The molecule has 0 amide bonds. The van der Waals surface area contributed by atoms with Crippen LogP contribution in [0.15, 0.2) is 0 Å². The van der Waals surface area contributed by atoms with Crippen molar-refractivity contribution in [2.75, 3.05) is 66.0 Å². The normalized spacial score (nSPS) is 27.7. The molecule has 3 aliphatic heterocycles. The molecule has 0 aliphatic carbocycles. The SMILES string of the molecule is CC.CCN1CCN(C2CCN(C3CCN(C)CC3)CC2)CC1. The largest absolute Gasteiger partial charge is 0.306 e. The molecule has 0 saturated carbocycles. The number of likely N-dealkylation sites (N-methyl/N-ethyl adjacent to an activating group) is 1. The number of likely N-dealkylation sites (tertiary alicyclic amines) is 2. The van der Waals surface area contributed by atoms with Crippen LogP contribution in [0.2, 0.25) is 0 Å². The second-order valence-electron chi connectivity index (χ2n) is 7.27. The summed E-state index contributed by atoms with van der Waals surface area (Å²) in [4.78, 5) is 10.6. The van der Waals surface area contributed by atoms with Crippen LogP contribution in [0.25, 0.3) is 0 Å². The minimum atomic E-state index is 0.867. The summed E-state index contributed by atoms with van der Waals surface area (Å²) in [5.74, 6) is 0. The number of hydrogen-bond donors (Lipinski definition) is 0. The van der Waals surface area contributed by atoms with Crippen LogP contribution in [0.3, 0.4) is 0 Å². The highest BCUT2D eigenvalue weighted by atomic mass is 15.3. The summed E-state index contributed by atoms with van der Waals surface area (Å²) >= 11 is 0. The van der Waals surface area contributed by atoms with E-state index in [9.17, 15) is 0 Å². The van der Waals surface area contributed by atoms with Crippen LogP contribution in [0.4, 0.5) is 0 Å². The molecule has 0 atom stereocenters. The lowest BCUT2D eigenvalue weighted by molar-refractivity contribution is 0.0368. The Morgan fingerprint density at radius 1 is 0.652 bits per heavy atom. The molecular formula is C19H40N4. The van der Waals surface area contributed by atoms with Gasteiger partial charge in [0.05, 0.1) is 0 Å². The molecule has 4 heteroatoms. The van der Waals surface area contributed by atoms with Gasteiger partial charge in [0.2, 0.25) is 0 Å². The van der Waals surface area contributed by atoms with Crippen molar-refractivity contribution in [2.45, 2.75) is 58.5 Å². The Bertz CT molecular complexity index is 298. The van der Waals surface area contributed by atoms with E-state index in [1.165, 1.54) is 84.6 Å². The fraction of sp³-hybridized carbons (Fsp3) is 1.00. The van der Waals surface area contributed by atoms with Crippen LogP contribution in [0.1, 0.15) is 46.5 Å². The zero-order chi connectivity index (χ0) is 16.7. The van der Waals surface area contributed by atoms with Crippen molar-refractivity contribution in [3.63, 3.8) is 0 Å². The highest BCUT2D eigenvalue weighted by molar-refractivity contribution is 4.87. The molecule has 0 aromatic heterocycles. The molecule has 0 unspecified atom stereocenters. The Balaban J connectivity index is 0.000000924. The predicted molar refractivity (Wildman–Crippen MR) is 100 cm³/mol. The number of piperidine rings is 2. The average Bonchev–Trinajstić information content (AvgIpc) is 2.64. The van der Waals surface area contributed by atoms with Crippen molar-refractivity contribution in [3.05, 3.63) is 0 Å². The molecule has 0 aromatic rings. The van der Waals surface area contributed by atoms with E-state index in [2.05, 4.69) is 33.6 Å². The number of hydrogen-bond acceptors (Lipinski definition) is 4. The average molecular weight is 325 g/mol. The lowest BCUT2D eigenvalue weighted by atomic mass is 9.97. The van der Waals surface area contributed by atoms with E-state index in [0.717, 1.165) is 12.1 Å². The Morgan fingerprint density at radius 2 is 1.09 bits per heavy atom. The number of nitrogens with zero attached hydrogens (tertiary/aromatic N) is 4. The molecule has 4 nitrogen and oxygen atoms in total. The molecule has 0 radical (unpaired) electrons. The molecule has 3 aliphatic rings. The van der Waals surface area contributed by atoms with Gasteiger partial charge in [-0.1, -0.05) is 20.8 Å². The van der Waals surface area contributed by atoms with Crippen LogP contribution < -0.4 is 0 Å². The van der Waals surface area contributed by atoms with Crippen molar-refractivity contribution in [1.82, 2.24) is 19.6 Å². The van der Waals surface area contributed by atoms with E-state index in [1.807, 2.05) is 13.8 Å². The molecule has 3 rings (SSSR count). The molecule has 3 heterocycles. The summed E-state index contributed by atoms with van der Waals surface area (Å²) < 4.78 is 0. The topological polar surface area (TPSA) is 13.0 Å². The van der Waals surface area contributed by atoms with Crippen molar-refractivity contribution in [2.24, 2.45) is 0 Å². The standard InChI is InChI=1S/C17H34N4.C2H6/c1-3-19-12-14-21(15-13-19)17-6-10-20(11-7-17)16-4-8-18(2)9-5-16;1-2/h16-17H,3-15H2,1-2H3;1-2H3. The van der Waals surface area contributed by atoms with Crippen LogP contribution in [-0.2, 0) is 0 Å². The smallest absolute Gasteiger partial charge is 0.0121 e. The summed E-state index contributed by atoms with van der Waals surface area (Å²) in [5.41, 5.74) is 0. The minimum Gasteiger partial charge on any atom is -0.306 e. The van der Waals surface area contributed by atoms with Gasteiger partial charge in [0, 0.05) is 38.3 Å². The highest BCUT2D eigenvalue weighted by Gasteiger charge is 2.30. The first kappa shape index (κ1) is 19.2. The van der Waals surface area contributed by atoms with Crippen molar-refractivity contribution < 1.29 is 0 Å². The zero-order valence-electron chi connectivity index (χ0n) is 16.1. The maximum absolute atomic E-state index is 2.80. The third kappa shape index (κ3) is 5.42. The summed E-state index contributed by atoms with van der Waals surface area (Å²) in [6.45, 7) is 17.9. The summed E-state index contributed by atoms with van der Waals surface area (Å²) in [7, 11) is 2.26. The Labute approximate surface area is 144 Å². The van der Waals surface area contributed by atoms with E-state index in [1.54, 1.807) is 0 Å². The van der Waals surface area contributed by atoms with Crippen LogP contribution in [0, 0.1) is 0 Å². The molecule has 0 bridgehead atoms. The van der Waals surface area contributed by atoms with Gasteiger partial charge in [-0.25, -0.2) is 0 Å². The van der Waals surface area contributed by atoms with Crippen LogP contribution in [-0.4, -0.2) is 97.6 Å². The van der Waals surface area contributed by atoms with Gasteiger partial charge in [-0.3, -0.25) is 4.90 Å². The van der Waals surface area contributed by atoms with E-state index < -0.39 is 0 Å². The molecule has 0 aromatic carbocycles. The second kappa shape index (κ2) is 9.97. The Kier molecular flexibility index (Phi) is 8.31. The molecular weight excluding hydrogens is 284 g/mol. The van der Waals surface area contributed by atoms with Crippen molar-refractivity contribution in [1.29, 1.82) is 0 Å². The van der Waals surface area contributed by atoms with Gasteiger partial charge in [0.15, 0.2) is 0 Å². The first-order valence-electron chi connectivity index (χ1n) is 10.1.